The number of benzene rings is 1. The van der Waals surface area contributed by atoms with Crippen molar-refractivity contribution in [3.05, 3.63) is 30.4 Å². The molecule has 5 N–H and O–H groups in total. The average Bonchev–Trinajstić information content (AvgIpc) is 2.12. The van der Waals surface area contributed by atoms with E-state index in [-0.39, 0.29) is 22.8 Å². The van der Waals surface area contributed by atoms with Crippen LogP contribution in [0.2, 0.25) is 0 Å². The van der Waals surface area contributed by atoms with Gasteiger partial charge in [0, 0.05) is 18.2 Å². The normalized spacial score (nSPS) is 12.3. The van der Waals surface area contributed by atoms with Crippen LogP contribution < -0.4 is 5.73 Å². The third-order valence-corrected chi connectivity index (χ3v) is 2.17. The summed E-state index contributed by atoms with van der Waals surface area (Å²) in [4.78, 5) is 0. The predicted octanol–water partition coefficient (Wildman–Crippen LogP) is 1.77. The van der Waals surface area contributed by atoms with Crippen molar-refractivity contribution < 1.29 is 15.3 Å². The number of allylic oxidation sites excluding steroid dienone is 1. The lowest BCUT2D eigenvalue weighted by Gasteiger charge is -2.14. The molecule has 82 valence electrons. The molecule has 4 heteroatoms. The second-order valence-corrected chi connectivity index (χ2v) is 3.37. The molecule has 0 bridgehead atoms. The molecule has 4 nitrogen and oxygen atoms in total. The molecule has 1 rings (SSSR count). The van der Waals surface area contributed by atoms with Gasteiger partial charge in [-0.2, -0.15) is 0 Å². The molecule has 0 heterocycles. The predicted molar refractivity (Wildman–Crippen MR) is 57.8 cm³/mol. The molecule has 0 radical (unpaired) electrons. The lowest BCUT2D eigenvalue weighted by molar-refractivity contribution is 0.409. The van der Waals surface area contributed by atoms with E-state index in [2.05, 4.69) is 6.58 Å². The fourth-order valence-electron chi connectivity index (χ4n) is 1.43. The van der Waals surface area contributed by atoms with Gasteiger partial charge >= 0.3 is 0 Å². The number of rotatable bonds is 4. The monoisotopic (exact) mass is 209 g/mol. The van der Waals surface area contributed by atoms with Crippen LogP contribution in [0.3, 0.4) is 0 Å². The second-order valence-electron chi connectivity index (χ2n) is 3.37. The molecule has 0 aliphatic heterocycles. The third-order valence-electron chi connectivity index (χ3n) is 2.17. The Hall–Kier alpha value is -1.68. The summed E-state index contributed by atoms with van der Waals surface area (Å²) in [5.41, 5.74) is 6.04. The zero-order chi connectivity index (χ0) is 11.4. The Morgan fingerprint density at radius 3 is 2.27 bits per heavy atom. The number of hydrogen-bond acceptors (Lipinski definition) is 4. The van der Waals surface area contributed by atoms with Crippen molar-refractivity contribution in [1.82, 2.24) is 0 Å². The van der Waals surface area contributed by atoms with Gasteiger partial charge < -0.3 is 21.1 Å². The van der Waals surface area contributed by atoms with Crippen molar-refractivity contribution in [2.24, 2.45) is 5.73 Å². The first kappa shape index (κ1) is 11.4. The van der Waals surface area contributed by atoms with Crippen molar-refractivity contribution in [2.75, 3.05) is 0 Å². The third kappa shape index (κ3) is 2.63. The van der Waals surface area contributed by atoms with Crippen LogP contribution in [0.25, 0.3) is 0 Å². The van der Waals surface area contributed by atoms with Gasteiger partial charge in [-0.1, -0.05) is 6.08 Å². The Bertz CT molecular complexity index is 340. The van der Waals surface area contributed by atoms with Crippen LogP contribution in [-0.2, 0) is 0 Å². The molecule has 0 saturated carbocycles. The van der Waals surface area contributed by atoms with Gasteiger partial charge in [0.25, 0.3) is 0 Å². The summed E-state index contributed by atoms with van der Waals surface area (Å²) in [5.74, 6) is -0.571. The molecule has 0 saturated heterocycles. The number of hydrogen-bond donors (Lipinski definition) is 4. The highest BCUT2D eigenvalue weighted by Crippen LogP contribution is 2.36. The first-order chi connectivity index (χ1) is 7.06. The van der Waals surface area contributed by atoms with Crippen LogP contribution in [0.15, 0.2) is 24.8 Å². The Labute approximate surface area is 88.3 Å². The van der Waals surface area contributed by atoms with E-state index in [1.54, 1.807) is 6.08 Å². The van der Waals surface area contributed by atoms with E-state index in [4.69, 9.17) is 10.8 Å². The van der Waals surface area contributed by atoms with E-state index < -0.39 is 6.04 Å². The fraction of sp³-hybridized carbons (Fsp3) is 0.273. The van der Waals surface area contributed by atoms with Gasteiger partial charge in [-0.05, 0) is 12.8 Å². The summed E-state index contributed by atoms with van der Waals surface area (Å²) in [6.07, 6.45) is 2.99. The molecule has 1 aromatic carbocycles. The quantitative estimate of drug-likeness (QED) is 0.569. The first-order valence-electron chi connectivity index (χ1n) is 4.67. The lowest BCUT2D eigenvalue weighted by atomic mass is 10.0. The van der Waals surface area contributed by atoms with Gasteiger partial charge in [0.05, 0.1) is 5.56 Å². The van der Waals surface area contributed by atoms with Gasteiger partial charge in [-0.3, -0.25) is 0 Å². The molecule has 0 amide bonds. The van der Waals surface area contributed by atoms with Gasteiger partial charge in [0.15, 0.2) is 0 Å². The van der Waals surface area contributed by atoms with E-state index in [1.807, 2.05) is 0 Å². The van der Waals surface area contributed by atoms with Gasteiger partial charge in [-0.25, -0.2) is 0 Å². The van der Waals surface area contributed by atoms with Gasteiger partial charge in [0.1, 0.15) is 17.2 Å². The molecule has 1 atom stereocenters. The molecule has 0 fully saturated rings. The van der Waals surface area contributed by atoms with Crippen LogP contribution in [-0.4, -0.2) is 15.3 Å². The Morgan fingerprint density at radius 2 is 1.80 bits per heavy atom. The second kappa shape index (κ2) is 4.70. The minimum Gasteiger partial charge on any atom is -0.508 e. The van der Waals surface area contributed by atoms with Gasteiger partial charge in [0.2, 0.25) is 0 Å². The summed E-state index contributed by atoms with van der Waals surface area (Å²) >= 11 is 0. The van der Waals surface area contributed by atoms with Crippen molar-refractivity contribution >= 4 is 0 Å². The van der Waals surface area contributed by atoms with E-state index >= 15 is 0 Å². The first-order valence-corrected chi connectivity index (χ1v) is 4.67. The number of aromatic hydroxyl groups is 3. The van der Waals surface area contributed by atoms with E-state index in [9.17, 15) is 10.2 Å². The molecule has 1 aromatic rings. The summed E-state index contributed by atoms with van der Waals surface area (Å²) in [6.45, 7) is 3.56. The van der Waals surface area contributed by atoms with Crippen molar-refractivity contribution in [2.45, 2.75) is 18.9 Å². The minimum atomic E-state index is -0.469. The van der Waals surface area contributed by atoms with E-state index in [1.165, 1.54) is 0 Å². The van der Waals surface area contributed by atoms with Crippen LogP contribution in [0.4, 0.5) is 0 Å². The Morgan fingerprint density at radius 1 is 1.27 bits per heavy atom. The van der Waals surface area contributed by atoms with Crippen LogP contribution >= 0.6 is 0 Å². The number of phenols is 3. The topological polar surface area (TPSA) is 86.7 Å². The summed E-state index contributed by atoms with van der Waals surface area (Å²) in [7, 11) is 0. The summed E-state index contributed by atoms with van der Waals surface area (Å²) < 4.78 is 0. The number of phenolic OH excluding ortho intramolecular Hbond substituents is 3. The van der Waals surface area contributed by atoms with E-state index in [0.717, 1.165) is 12.1 Å². The average molecular weight is 209 g/mol. The molecular formula is C11H15NO3. The van der Waals surface area contributed by atoms with E-state index in [0.29, 0.717) is 12.8 Å². The SMILES string of the molecule is C=CCC[C@@H](N)c1c(O)cc(O)cc1O. The fourth-order valence-corrected chi connectivity index (χ4v) is 1.43. The molecule has 15 heavy (non-hydrogen) atoms. The molecule has 0 aliphatic rings. The number of nitrogens with two attached hydrogens (primary N) is 1. The maximum Gasteiger partial charge on any atom is 0.127 e. The molecular weight excluding hydrogens is 194 g/mol. The maximum atomic E-state index is 9.52. The molecule has 0 aliphatic carbocycles. The van der Waals surface area contributed by atoms with Crippen molar-refractivity contribution in [3.63, 3.8) is 0 Å². The van der Waals surface area contributed by atoms with Crippen molar-refractivity contribution in [3.8, 4) is 17.2 Å². The van der Waals surface area contributed by atoms with Crippen molar-refractivity contribution in [1.29, 1.82) is 0 Å². The largest absolute Gasteiger partial charge is 0.508 e. The smallest absolute Gasteiger partial charge is 0.127 e. The highest BCUT2D eigenvalue weighted by molar-refractivity contribution is 5.50. The molecule has 0 unspecified atom stereocenters. The standard InChI is InChI=1S/C11H15NO3/c1-2-3-4-8(12)11-9(14)5-7(13)6-10(11)15/h2,5-6,8,13-15H,1,3-4,12H2/t8-/m1/s1. The molecule has 0 aromatic heterocycles. The minimum absolute atomic E-state index is 0.190. The van der Waals surface area contributed by atoms with Crippen LogP contribution in [0, 0.1) is 0 Å². The zero-order valence-corrected chi connectivity index (χ0v) is 8.35. The highest BCUT2D eigenvalue weighted by Gasteiger charge is 2.16. The van der Waals surface area contributed by atoms with Gasteiger partial charge in [-0.15, -0.1) is 6.58 Å². The summed E-state index contributed by atoms with van der Waals surface area (Å²) in [5, 5.41) is 28.1. The highest BCUT2D eigenvalue weighted by atomic mass is 16.3. The molecule has 0 spiro atoms. The maximum absolute atomic E-state index is 9.52. The zero-order valence-electron chi connectivity index (χ0n) is 8.35. The van der Waals surface area contributed by atoms with Crippen LogP contribution in [0.5, 0.6) is 17.2 Å². The summed E-state index contributed by atoms with van der Waals surface area (Å²) in [6, 6.07) is 1.84. The van der Waals surface area contributed by atoms with Crippen LogP contribution in [0.1, 0.15) is 24.4 Å². The lowest BCUT2D eigenvalue weighted by Crippen LogP contribution is -2.10. The Balaban J connectivity index is 2.97. The Kier molecular flexibility index (Phi) is 3.57.